The van der Waals surface area contributed by atoms with Crippen LogP contribution in [-0.2, 0) is 17.8 Å². The molecule has 0 bridgehead atoms. The topological polar surface area (TPSA) is 58.4 Å². The molecule has 1 atom stereocenters. The number of nitrogens with zero attached hydrogens (tertiary/aromatic N) is 1. The molecule has 0 saturated carbocycles. The fraction of sp³-hybridized carbons (Fsp3) is 0.312. The summed E-state index contributed by atoms with van der Waals surface area (Å²) in [7, 11) is 0. The van der Waals surface area contributed by atoms with E-state index in [-0.39, 0.29) is 11.9 Å². The van der Waals surface area contributed by atoms with Crippen LogP contribution in [0.4, 0.5) is 5.69 Å². The van der Waals surface area contributed by atoms with Gasteiger partial charge in [-0.3, -0.25) is 4.79 Å². The molecule has 1 amide bonds. The fourth-order valence-corrected chi connectivity index (χ4v) is 3.34. The summed E-state index contributed by atoms with van der Waals surface area (Å²) in [6.45, 7) is 1.68. The third-order valence-corrected chi connectivity index (χ3v) is 4.52. The SMILES string of the molecule is NC1Cc2ccccc2N(CC(=O)NCc2cccs2)C1. The van der Waals surface area contributed by atoms with Gasteiger partial charge in [0.25, 0.3) is 0 Å². The van der Waals surface area contributed by atoms with Crippen molar-refractivity contribution in [2.75, 3.05) is 18.0 Å². The maximum Gasteiger partial charge on any atom is 0.239 e. The van der Waals surface area contributed by atoms with E-state index in [9.17, 15) is 4.79 Å². The Hall–Kier alpha value is -1.85. The standard InChI is InChI=1S/C16H19N3OS/c17-13-8-12-4-1-2-6-15(12)19(10-13)11-16(20)18-9-14-5-3-7-21-14/h1-7,13H,8-11,17H2,(H,18,20). The Labute approximate surface area is 128 Å². The number of nitrogens with one attached hydrogen (secondary N) is 1. The zero-order chi connectivity index (χ0) is 14.7. The first-order chi connectivity index (χ1) is 10.2. The number of carbonyl (C=O) groups excluding carboxylic acids is 1. The van der Waals surface area contributed by atoms with Gasteiger partial charge in [0.05, 0.1) is 13.1 Å². The molecule has 0 fully saturated rings. The molecule has 0 aliphatic carbocycles. The molecule has 1 aromatic carbocycles. The molecule has 1 aromatic heterocycles. The average Bonchev–Trinajstić information content (AvgIpc) is 2.98. The predicted octanol–water partition coefficient (Wildman–Crippen LogP) is 1.75. The number of amides is 1. The van der Waals surface area contributed by atoms with Gasteiger partial charge in [0.15, 0.2) is 0 Å². The maximum atomic E-state index is 12.1. The molecule has 2 aromatic rings. The van der Waals surface area contributed by atoms with E-state index in [1.165, 1.54) is 10.4 Å². The molecule has 1 aliphatic rings. The Morgan fingerprint density at radius 3 is 3.00 bits per heavy atom. The van der Waals surface area contributed by atoms with Gasteiger partial charge in [-0.1, -0.05) is 24.3 Å². The lowest BCUT2D eigenvalue weighted by Crippen LogP contribution is -2.47. The first kappa shape index (κ1) is 14.1. The Balaban J connectivity index is 1.63. The Bertz CT molecular complexity index is 612. The molecule has 1 aliphatic heterocycles. The molecule has 2 heterocycles. The molecule has 5 heteroatoms. The van der Waals surface area contributed by atoms with Crippen LogP contribution in [0.5, 0.6) is 0 Å². The van der Waals surface area contributed by atoms with E-state index in [2.05, 4.69) is 22.3 Å². The van der Waals surface area contributed by atoms with E-state index in [0.29, 0.717) is 13.1 Å². The Morgan fingerprint density at radius 2 is 2.19 bits per heavy atom. The minimum Gasteiger partial charge on any atom is -0.360 e. The maximum absolute atomic E-state index is 12.1. The highest BCUT2D eigenvalue weighted by Gasteiger charge is 2.23. The van der Waals surface area contributed by atoms with Gasteiger partial charge in [-0.25, -0.2) is 0 Å². The van der Waals surface area contributed by atoms with E-state index < -0.39 is 0 Å². The summed E-state index contributed by atoms with van der Waals surface area (Å²) < 4.78 is 0. The number of hydrogen-bond acceptors (Lipinski definition) is 4. The number of thiophene rings is 1. The minimum absolute atomic E-state index is 0.0345. The van der Waals surface area contributed by atoms with Crippen molar-refractivity contribution in [1.82, 2.24) is 5.32 Å². The average molecular weight is 301 g/mol. The minimum atomic E-state index is 0.0345. The summed E-state index contributed by atoms with van der Waals surface area (Å²) in [5.41, 5.74) is 8.45. The quantitative estimate of drug-likeness (QED) is 0.904. The zero-order valence-electron chi connectivity index (χ0n) is 11.8. The van der Waals surface area contributed by atoms with Crippen LogP contribution in [-0.4, -0.2) is 25.0 Å². The second-order valence-corrected chi connectivity index (χ2v) is 6.36. The van der Waals surface area contributed by atoms with Crippen molar-refractivity contribution in [3.05, 3.63) is 52.2 Å². The first-order valence-corrected chi connectivity index (χ1v) is 7.98. The molecular formula is C16H19N3OS. The number of rotatable bonds is 4. The molecule has 0 spiro atoms. The van der Waals surface area contributed by atoms with Crippen LogP contribution in [0, 0.1) is 0 Å². The lowest BCUT2D eigenvalue weighted by Gasteiger charge is -2.34. The number of hydrogen-bond donors (Lipinski definition) is 2. The molecular weight excluding hydrogens is 282 g/mol. The zero-order valence-corrected chi connectivity index (χ0v) is 12.6. The smallest absolute Gasteiger partial charge is 0.239 e. The Kier molecular flexibility index (Phi) is 4.22. The summed E-state index contributed by atoms with van der Waals surface area (Å²) >= 11 is 1.65. The third-order valence-electron chi connectivity index (χ3n) is 3.64. The molecule has 3 rings (SSSR count). The van der Waals surface area contributed by atoms with Crippen LogP contribution in [0.25, 0.3) is 0 Å². The van der Waals surface area contributed by atoms with Gasteiger partial charge in [0.2, 0.25) is 5.91 Å². The van der Waals surface area contributed by atoms with Gasteiger partial charge in [-0.15, -0.1) is 11.3 Å². The van der Waals surface area contributed by atoms with Crippen molar-refractivity contribution in [3.63, 3.8) is 0 Å². The summed E-state index contributed by atoms with van der Waals surface area (Å²) in [4.78, 5) is 15.4. The van der Waals surface area contributed by atoms with Crippen molar-refractivity contribution in [3.8, 4) is 0 Å². The number of para-hydroxylation sites is 1. The van der Waals surface area contributed by atoms with Gasteiger partial charge in [-0.2, -0.15) is 0 Å². The van der Waals surface area contributed by atoms with Gasteiger partial charge < -0.3 is 16.0 Å². The van der Waals surface area contributed by atoms with Crippen LogP contribution < -0.4 is 16.0 Å². The third kappa shape index (κ3) is 3.43. The molecule has 110 valence electrons. The second-order valence-electron chi connectivity index (χ2n) is 5.33. The number of fused-ring (bicyclic) bond motifs is 1. The van der Waals surface area contributed by atoms with Gasteiger partial charge >= 0.3 is 0 Å². The van der Waals surface area contributed by atoms with E-state index in [4.69, 9.17) is 5.73 Å². The number of anilines is 1. The second kappa shape index (κ2) is 6.28. The lowest BCUT2D eigenvalue weighted by molar-refractivity contribution is -0.119. The highest BCUT2D eigenvalue weighted by atomic mass is 32.1. The van der Waals surface area contributed by atoms with E-state index in [1.54, 1.807) is 11.3 Å². The van der Waals surface area contributed by atoms with Crippen LogP contribution in [0.1, 0.15) is 10.4 Å². The lowest BCUT2D eigenvalue weighted by atomic mass is 9.98. The first-order valence-electron chi connectivity index (χ1n) is 7.10. The largest absolute Gasteiger partial charge is 0.360 e. The molecule has 21 heavy (non-hydrogen) atoms. The van der Waals surface area contributed by atoms with Crippen LogP contribution in [0.15, 0.2) is 41.8 Å². The Morgan fingerprint density at radius 1 is 1.33 bits per heavy atom. The van der Waals surface area contributed by atoms with E-state index in [1.807, 2.05) is 29.6 Å². The highest BCUT2D eigenvalue weighted by Crippen LogP contribution is 2.25. The van der Waals surface area contributed by atoms with Crippen LogP contribution >= 0.6 is 11.3 Å². The van der Waals surface area contributed by atoms with Crippen molar-refractivity contribution >= 4 is 22.9 Å². The van der Waals surface area contributed by atoms with Gasteiger partial charge in [0.1, 0.15) is 0 Å². The van der Waals surface area contributed by atoms with Crippen molar-refractivity contribution in [2.24, 2.45) is 5.73 Å². The molecule has 0 radical (unpaired) electrons. The summed E-state index contributed by atoms with van der Waals surface area (Å²) in [6.07, 6.45) is 0.878. The van der Waals surface area contributed by atoms with Gasteiger partial charge in [0, 0.05) is 23.2 Å². The summed E-state index contributed by atoms with van der Waals surface area (Å²) in [5.74, 6) is 0.0345. The predicted molar refractivity (Wildman–Crippen MR) is 86.5 cm³/mol. The molecule has 0 saturated heterocycles. The van der Waals surface area contributed by atoms with Crippen molar-refractivity contribution in [2.45, 2.75) is 19.0 Å². The fourth-order valence-electron chi connectivity index (χ4n) is 2.70. The number of nitrogens with two attached hydrogens (primary N) is 1. The van der Waals surface area contributed by atoms with E-state index in [0.717, 1.165) is 18.7 Å². The molecule has 3 N–H and O–H groups in total. The normalized spacial score (nSPS) is 17.4. The van der Waals surface area contributed by atoms with Gasteiger partial charge in [-0.05, 0) is 29.5 Å². The van der Waals surface area contributed by atoms with Crippen LogP contribution in [0.3, 0.4) is 0 Å². The van der Waals surface area contributed by atoms with Crippen molar-refractivity contribution < 1.29 is 4.79 Å². The molecule has 4 nitrogen and oxygen atoms in total. The number of benzene rings is 1. The summed E-state index contributed by atoms with van der Waals surface area (Å²) in [5, 5.41) is 4.98. The van der Waals surface area contributed by atoms with Crippen LogP contribution in [0.2, 0.25) is 0 Å². The number of carbonyl (C=O) groups is 1. The summed E-state index contributed by atoms with van der Waals surface area (Å²) in [6, 6.07) is 12.3. The molecule has 1 unspecified atom stereocenters. The monoisotopic (exact) mass is 301 g/mol. The van der Waals surface area contributed by atoms with E-state index >= 15 is 0 Å². The van der Waals surface area contributed by atoms with Crippen molar-refractivity contribution in [1.29, 1.82) is 0 Å². The highest BCUT2D eigenvalue weighted by molar-refractivity contribution is 7.09.